The molecule has 0 amide bonds. The Morgan fingerprint density at radius 1 is 1.22 bits per heavy atom. The molecular formula is C20H38IN5O. The summed E-state index contributed by atoms with van der Waals surface area (Å²) in [6.45, 7) is 9.04. The molecule has 0 saturated heterocycles. The Bertz CT molecular complexity index is 588. The van der Waals surface area contributed by atoms with Gasteiger partial charge in [0.25, 0.3) is 0 Å². The van der Waals surface area contributed by atoms with Gasteiger partial charge in [0.05, 0.1) is 5.69 Å². The van der Waals surface area contributed by atoms with Gasteiger partial charge in [-0.05, 0) is 57.4 Å². The normalized spacial score (nSPS) is 16.7. The molecule has 3 N–H and O–H groups in total. The van der Waals surface area contributed by atoms with Crippen LogP contribution in [0.4, 0.5) is 0 Å². The van der Waals surface area contributed by atoms with Gasteiger partial charge in [-0.15, -0.1) is 24.0 Å². The number of aryl methyl sites for hydroxylation is 2. The van der Waals surface area contributed by atoms with Crippen molar-refractivity contribution in [1.29, 1.82) is 0 Å². The number of rotatable bonds is 8. The molecule has 27 heavy (non-hydrogen) atoms. The molecule has 1 fully saturated rings. The Balaban J connectivity index is 0.00000364. The second-order valence-electron chi connectivity index (χ2n) is 7.68. The van der Waals surface area contributed by atoms with Crippen molar-refractivity contribution in [2.24, 2.45) is 17.5 Å². The summed E-state index contributed by atoms with van der Waals surface area (Å²) in [5, 5.41) is 20.8. The van der Waals surface area contributed by atoms with E-state index in [1.165, 1.54) is 43.4 Å². The minimum absolute atomic E-state index is 0. The van der Waals surface area contributed by atoms with Gasteiger partial charge in [0, 0.05) is 39.0 Å². The number of hydrogen-bond acceptors (Lipinski definition) is 3. The van der Waals surface area contributed by atoms with Crippen LogP contribution in [-0.2, 0) is 13.5 Å². The molecule has 0 spiro atoms. The van der Waals surface area contributed by atoms with Crippen molar-refractivity contribution in [2.75, 3.05) is 26.2 Å². The number of halogens is 1. The molecule has 0 aromatic carbocycles. The van der Waals surface area contributed by atoms with Gasteiger partial charge >= 0.3 is 0 Å². The fourth-order valence-electron chi connectivity index (χ4n) is 4.10. The van der Waals surface area contributed by atoms with Crippen LogP contribution < -0.4 is 10.6 Å². The standard InChI is InChI=1S/C20H37N5O.HI/c1-5-21-19(22-13-9-18-16(2)24-25(4)17(18)3)23-15-20(12-14-26)10-7-6-8-11-20;/h26H,5-15H2,1-4H3,(H2,21,22,23);1H. The van der Waals surface area contributed by atoms with Crippen LogP contribution in [0, 0.1) is 19.3 Å². The molecule has 0 aliphatic heterocycles. The number of nitrogens with zero attached hydrogens (tertiary/aromatic N) is 3. The summed E-state index contributed by atoms with van der Waals surface area (Å²) < 4.78 is 1.95. The van der Waals surface area contributed by atoms with Crippen LogP contribution in [0.25, 0.3) is 0 Å². The third-order valence-electron chi connectivity index (χ3n) is 5.80. The summed E-state index contributed by atoms with van der Waals surface area (Å²) in [7, 11) is 2.00. The van der Waals surface area contributed by atoms with E-state index in [0.717, 1.165) is 44.1 Å². The summed E-state index contributed by atoms with van der Waals surface area (Å²) in [4.78, 5) is 4.87. The van der Waals surface area contributed by atoms with Gasteiger partial charge in [-0.25, -0.2) is 0 Å². The number of aliphatic imine (C=N–C) groups is 1. The Labute approximate surface area is 181 Å². The highest BCUT2D eigenvalue weighted by molar-refractivity contribution is 14.0. The summed E-state index contributed by atoms with van der Waals surface area (Å²) in [6.07, 6.45) is 8.02. The van der Waals surface area contributed by atoms with E-state index in [0.29, 0.717) is 0 Å². The van der Waals surface area contributed by atoms with Crippen LogP contribution in [0.1, 0.15) is 62.4 Å². The number of aromatic nitrogens is 2. The fraction of sp³-hybridized carbons (Fsp3) is 0.800. The first-order chi connectivity index (χ1) is 12.5. The molecule has 1 aliphatic rings. The number of guanidine groups is 1. The molecule has 0 unspecified atom stereocenters. The van der Waals surface area contributed by atoms with Crippen molar-refractivity contribution in [3.05, 3.63) is 17.0 Å². The highest BCUT2D eigenvalue weighted by Crippen LogP contribution is 2.39. The number of aliphatic hydroxyl groups excluding tert-OH is 1. The van der Waals surface area contributed by atoms with Crippen molar-refractivity contribution in [2.45, 2.75) is 65.7 Å². The van der Waals surface area contributed by atoms with Crippen LogP contribution >= 0.6 is 24.0 Å². The van der Waals surface area contributed by atoms with Gasteiger partial charge in [-0.2, -0.15) is 5.10 Å². The first-order valence-corrected chi connectivity index (χ1v) is 10.1. The largest absolute Gasteiger partial charge is 0.396 e. The van der Waals surface area contributed by atoms with Crippen LogP contribution in [0.3, 0.4) is 0 Å². The number of nitrogens with one attached hydrogen (secondary N) is 2. The van der Waals surface area contributed by atoms with E-state index in [-0.39, 0.29) is 36.0 Å². The quantitative estimate of drug-likeness (QED) is 0.297. The maximum atomic E-state index is 9.49. The lowest BCUT2D eigenvalue weighted by Gasteiger charge is -2.35. The predicted octanol–water partition coefficient (Wildman–Crippen LogP) is 3.09. The Hall–Kier alpha value is -0.830. The van der Waals surface area contributed by atoms with Gasteiger partial charge in [-0.1, -0.05) is 19.3 Å². The monoisotopic (exact) mass is 491 g/mol. The maximum Gasteiger partial charge on any atom is 0.191 e. The first kappa shape index (κ1) is 24.2. The van der Waals surface area contributed by atoms with E-state index in [4.69, 9.17) is 4.99 Å². The van der Waals surface area contributed by atoms with Gasteiger partial charge < -0.3 is 15.7 Å². The van der Waals surface area contributed by atoms with Crippen molar-refractivity contribution >= 4 is 29.9 Å². The zero-order valence-corrected chi connectivity index (χ0v) is 19.8. The van der Waals surface area contributed by atoms with E-state index in [2.05, 4.69) is 36.5 Å². The predicted molar refractivity (Wildman–Crippen MR) is 123 cm³/mol. The van der Waals surface area contributed by atoms with Crippen LogP contribution in [-0.4, -0.2) is 47.1 Å². The zero-order chi connectivity index (χ0) is 19.0. The summed E-state index contributed by atoms with van der Waals surface area (Å²) in [6, 6.07) is 0. The SMILES string of the molecule is CCNC(=NCC1(CCO)CCCCC1)NCCc1c(C)nn(C)c1C.I. The van der Waals surface area contributed by atoms with E-state index < -0.39 is 0 Å². The lowest BCUT2D eigenvalue weighted by Crippen LogP contribution is -2.40. The lowest BCUT2D eigenvalue weighted by atomic mass is 9.72. The fourth-order valence-corrected chi connectivity index (χ4v) is 4.10. The minimum Gasteiger partial charge on any atom is -0.396 e. The molecule has 1 saturated carbocycles. The van der Waals surface area contributed by atoms with E-state index in [9.17, 15) is 5.11 Å². The lowest BCUT2D eigenvalue weighted by molar-refractivity contribution is 0.137. The topological polar surface area (TPSA) is 74.5 Å². The summed E-state index contributed by atoms with van der Waals surface area (Å²) in [5.41, 5.74) is 3.85. The average molecular weight is 491 g/mol. The van der Waals surface area contributed by atoms with Crippen LogP contribution in [0.2, 0.25) is 0 Å². The van der Waals surface area contributed by atoms with Crippen molar-refractivity contribution < 1.29 is 5.11 Å². The molecule has 0 radical (unpaired) electrons. The maximum absolute atomic E-state index is 9.49. The Morgan fingerprint density at radius 3 is 2.48 bits per heavy atom. The molecular weight excluding hydrogens is 453 g/mol. The van der Waals surface area contributed by atoms with Crippen molar-refractivity contribution in [1.82, 2.24) is 20.4 Å². The van der Waals surface area contributed by atoms with Crippen molar-refractivity contribution in [3.8, 4) is 0 Å². The molecule has 1 aromatic rings. The van der Waals surface area contributed by atoms with E-state index in [1.807, 2.05) is 11.7 Å². The third-order valence-corrected chi connectivity index (χ3v) is 5.80. The molecule has 1 aliphatic carbocycles. The van der Waals surface area contributed by atoms with Gasteiger partial charge in [0.15, 0.2) is 5.96 Å². The first-order valence-electron chi connectivity index (χ1n) is 10.1. The smallest absolute Gasteiger partial charge is 0.191 e. The van der Waals surface area contributed by atoms with E-state index >= 15 is 0 Å². The summed E-state index contributed by atoms with van der Waals surface area (Å²) in [5.74, 6) is 0.884. The second kappa shape index (κ2) is 11.9. The molecule has 0 atom stereocenters. The molecule has 0 bridgehead atoms. The van der Waals surface area contributed by atoms with Gasteiger partial charge in [0.1, 0.15) is 0 Å². The van der Waals surface area contributed by atoms with Gasteiger partial charge in [-0.3, -0.25) is 9.67 Å². The Morgan fingerprint density at radius 2 is 1.93 bits per heavy atom. The third kappa shape index (κ3) is 6.93. The van der Waals surface area contributed by atoms with Crippen molar-refractivity contribution in [3.63, 3.8) is 0 Å². The van der Waals surface area contributed by atoms with Gasteiger partial charge in [0.2, 0.25) is 0 Å². The Kier molecular flexibility index (Phi) is 10.7. The molecule has 7 heteroatoms. The molecule has 1 heterocycles. The zero-order valence-electron chi connectivity index (χ0n) is 17.5. The number of hydrogen-bond donors (Lipinski definition) is 3. The minimum atomic E-state index is 0. The highest BCUT2D eigenvalue weighted by Gasteiger charge is 2.31. The van der Waals surface area contributed by atoms with Crippen LogP contribution in [0.15, 0.2) is 4.99 Å². The molecule has 6 nitrogen and oxygen atoms in total. The summed E-state index contributed by atoms with van der Waals surface area (Å²) >= 11 is 0. The van der Waals surface area contributed by atoms with E-state index in [1.54, 1.807) is 0 Å². The highest BCUT2D eigenvalue weighted by atomic mass is 127. The van der Waals surface area contributed by atoms with Crippen LogP contribution in [0.5, 0.6) is 0 Å². The average Bonchev–Trinajstić information content (AvgIpc) is 2.87. The number of aliphatic hydroxyl groups is 1. The molecule has 156 valence electrons. The second-order valence-corrected chi connectivity index (χ2v) is 7.68. The molecule has 1 aromatic heterocycles. The molecule has 2 rings (SSSR count).